The summed E-state index contributed by atoms with van der Waals surface area (Å²) in [6, 6.07) is 0. The molecule has 1 N–H and O–H groups in total. The zero-order valence-electron chi connectivity index (χ0n) is 11.2. The molecule has 0 unspecified atom stereocenters. The summed E-state index contributed by atoms with van der Waals surface area (Å²) in [6.07, 6.45) is 2.24. The van der Waals surface area contributed by atoms with Gasteiger partial charge in [-0.1, -0.05) is 0 Å². The fourth-order valence-electron chi connectivity index (χ4n) is 2.22. The van der Waals surface area contributed by atoms with Gasteiger partial charge in [-0.15, -0.1) is 0 Å². The standard InChI is InChI=1S/C12H18N4O3/c1-14-4-3-5-16(8-11(14)17)7-10-9(12(18)19)6-13-15(10)2/h6H,3-5,7-8H2,1-2H3,(H,18,19). The van der Waals surface area contributed by atoms with E-state index < -0.39 is 5.97 Å². The number of carboxylic acids is 1. The summed E-state index contributed by atoms with van der Waals surface area (Å²) >= 11 is 0. The minimum atomic E-state index is -0.985. The highest BCUT2D eigenvalue weighted by Gasteiger charge is 2.22. The maximum atomic E-state index is 11.8. The number of amides is 1. The minimum absolute atomic E-state index is 0.0662. The van der Waals surface area contributed by atoms with E-state index in [9.17, 15) is 9.59 Å². The van der Waals surface area contributed by atoms with Gasteiger partial charge in [0.25, 0.3) is 0 Å². The van der Waals surface area contributed by atoms with Crippen molar-refractivity contribution in [2.75, 3.05) is 26.7 Å². The van der Waals surface area contributed by atoms with Crippen LogP contribution in [-0.2, 0) is 18.4 Å². The molecular weight excluding hydrogens is 248 g/mol. The molecule has 104 valence electrons. The average molecular weight is 266 g/mol. The highest BCUT2D eigenvalue weighted by molar-refractivity contribution is 5.88. The Morgan fingerprint density at radius 3 is 2.84 bits per heavy atom. The van der Waals surface area contributed by atoms with Gasteiger partial charge in [-0.3, -0.25) is 14.4 Å². The molecular formula is C12H18N4O3. The van der Waals surface area contributed by atoms with E-state index in [1.54, 1.807) is 23.7 Å². The summed E-state index contributed by atoms with van der Waals surface area (Å²) in [5, 5.41) is 13.1. The molecule has 7 heteroatoms. The summed E-state index contributed by atoms with van der Waals surface area (Å²) < 4.78 is 1.56. The first-order valence-electron chi connectivity index (χ1n) is 6.19. The fraction of sp³-hybridized carbons (Fsp3) is 0.583. The average Bonchev–Trinajstić information content (AvgIpc) is 2.62. The smallest absolute Gasteiger partial charge is 0.339 e. The molecule has 1 aliphatic heterocycles. The predicted molar refractivity (Wildman–Crippen MR) is 67.7 cm³/mol. The molecule has 19 heavy (non-hydrogen) atoms. The van der Waals surface area contributed by atoms with E-state index in [1.807, 2.05) is 4.90 Å². The number of hydrogen-bond donors (Lipinski definition) is 1. The first-order valence-corrected chi connectivity index (χ1v) is 6.19. The van der Waals surface area contributed by atoms with Crippen LogP contribution in [0.4, 0.5) is 0 Å². The zero-order chi connectivity index (χ0) is 14.0. The molecule has 2 rings (SSSR count). The van der Waals surface area contributed by atoms with Crippen LogP contribution in [0.5, 0.6) is 0 Å². The number of rotatable bonds is 3. The molecule has 1 fully saturated rings. The molecule has 1 saturated heterocycles. The molecule has 1 amide bonds. The molecule has 0 aliphatic carbocycles. The van der Waals surface area contributed by atoms with Crippen molar-refractivity contribution in [3.05, 3.63) is 17.5 Å². The van der Waals surface area contributed by atoms with Crippen LogP contribution < -0.4 is 0 Å². The minimum Gasteiger partial charge on any atom is -0.478 e. The lowest BCUT2D eigenvalue weighted by atomic mass is 10.2. The van der Waals surface area contributed by atoms with Crippen molar-refractivity contribution in [2.24, 2.45) is 7.05 Å². The molecule has 0 saturated carbocycles. The summed E-state index contributed by atoms with van der Waals surface area (Å²) in [5.41, 5.74) is 0.831. The number of carbonyl (C=O) groups excluding carboxylic acids is 1. The number of nitrogens with zero attached hydrogens (tertiary/aromatic N) is 4. The van der Waals surface area contributed by atoms with Crippen molar-refractivity contribution in [2.45, 2.75) is 13.0 Å². The lowest BCUT2D eigenvalue weighted by Crippen LogP contribution is -2.34. The van der Waals surface area contributed by atoms with Crippen LogP contribution in [0.2, 0.25) is 0 Å². The second-order valence-corrected chi connectivity index (χ2v) is 4.81. The zero-order valence-corrected chi connectivity index (χ0v) is 11.2. The summed E-state index contributed by atoms with van der Waals surface area (Å²) in [6.45, 7) is 2.27. The summed E-state index contributed by atoms with van der Waals surface area (Å²) in [4.78, 5) is 26.6. The van der Waals surface area contributed by atoms with Crippen LogP contribution >= 0.6 is 0 Å². The number of likely N-dealkylation sites (N-methyl/N-ethyl adjacent to an activating group) is 1. The van der Waals surface area contributed by atoms with E-state index in [-0.39, 0.29) is 11.5 Å². The maximum absolute atomic E-state index is 11.8. The Bertz CT molecular complexity index is 497. The molecule has 1 aromatic heterocycles. The van der Waals surface area contributed by atoms with Gasteiger partial charge in [-0.05, 0) is 6.42 Å². The number of carboxylic acid groups (broad SMARTS) is 1. The number of carbonyl (C=O) groups is 2. The maximum Gasteiger partial charge on any atom is 0.339 e. The molecule has 0 aromatic carbocycles. The molecule has 1 aliphatic rings. The van der Waals surface area contributed by atoms with Crippen molar-refractivity contribution < 1.29 is 14.7 Å². The van der Waals surface area contributed by atoms with Crippen LogP contribution in [0.1, 0.15) is 22.5 Å². The van der Waals surface area contributed by atoms with E-state index in [4.69, 9.17) is 5.11 Å². The molecule has 1 aromatic rings. The lowest BCUT2D eigenvalue weighted by molar-refractivity contribution is -0.130. The molecule has 0 radical (unpaired) electrons. The Morgan fingerprint density at radius 2 is 2.16 bits per heavy atom. The fourth-order valence-corrected chi connectivity index (χ4v) is 2.22. The van der Waals surface area contributed by atoms with Crippen LogP contribution in [0.3, 0.4) is 0 Å². The molecule has 0 spiro atoms. The van der Waals surface area contributed by atoms with Crippen molar-refractivity contribution in [3.8, 4) is 0 Å². The molecule has 0 bridgehead atoms. The van der Waals surface area contributed by atoms with Gasteiger partial charge in [0, 0.05) is 33.7 Å². The largest absolute Gasteiger partial charge is 0.478 e. The second kappa shape index (κ2) is 5.40. The quantitative estimate of drug-likeness (QED) is 0.818. The van der Waals surface area contributed by atoms with Crippen molar-refractivity contribution in [3.63, 3.8) is 0 Å². The van der Waals surface area contributed by atoms with E-state index in [1.165, 1.54) is 6.20 Å². The summed E-state index contributed by atoms with van der Waals surface area (Å²) in [7, 11) is 3.51. The van der Waals surface area contributed by atoms with Crippen LogP contribution in [0.15, 0.2) is 6.20 Å². The number of aromatic nitrogens is 2. The first-order chi connectivity index (χ1) is 8.99. The van der Waals surface area contributed by atoms with Gasteiger partial charge in [0.15, 0.2) is 0 Å². The SMILES string of the molecule is CN1CCCN(Cc2c(C(=O)O)cnn2C)CC1=O. The lowest BCUT2D eigenvalue weighted by Gasteiger charge is -2.19. The Morgan fingerprint density at radius 1 is 1.42 bits per heavy atom. The monoisotopic (exact) mass is 266 g/mol. The van der Waals surface area contributed by atoms with E-state index in [0.717, 1.165) is 19.5 Å². The van der Waals surface area contributed by atoms with Gasteiger partial charge in [0.05, 0.1) is 18.4 Å². The third-order valence-corrected chi connectivity index (χ3v) is 3.42. The molecule has 7 nitrogen and oxygen atoms in total. The van der Waals surface area contributed by atoms with Crippen LogP contribution in [0, 0.1) is 0 Å². The molecule has 2 heterocycles. The third kappa shape index (κ3) is 2.93. The van der Waals surface area contributed by atoms with Gasteiger partial charge in [-0.2, -0.15) is 5.10 Å². The van der Waals surface area contributed by atoms with Crippen molar-refractivity contribution >= 4 is 11.9 Å². The van der Waals surface area contributed by atoms with E-state index >= 15 is 0 Å². The predicted octanol–water partition coefficient (Wildman–Crippen LogP) is -0.218. The van der Waals surface area contributed by atoms with E-state index in [0.29, 0.717) is 18.8 Å². The number of aromatic carboxylic acids is 1. The first kappa shape index (κ1) is 13.5. The Kier molecular flexibility index (Phi) is 3.84. The highest BCUT2D eigenvalue weighted by Crippen LogP contribution is 2.13. The van der Waals surface area contributed by atoms with Gasteiger partial charge in [0.2, 0.25) is 5.91 Å². The normalized spacial score (nSPS) is 17.6. The van der Waals surface area contributed by atoms with E-state index in [2.05, 4.69) is 5.10 Å². The molecule has 0 atom stereocenters. The van der Waals surface area contributed by atoms with Gasteiger partial charge in [-0.25, -0.2) is 4.79 Å². The summed E-state index contributed by atoms with van der Waals surface area (Å²) in [5.74, 6) is -0.919. The third-order valence-electron chi connectivity index (χ3n) is 3.42. The Hall–Kier alpha value is -1.89. The number of aryl methyl sites for hydroxylation is 1. The van der Waals surface area contributed by atoms with Crippen LogP contribution in [-0.4, -0.2) is 63.2 Å². The van der Waals surface area contributed by atoms with Crippen molar-refractivity contribution in [1.29, 1.82) is 0 Å². The van der Waals surface area contributed by atoms with Crippen LogP contribution in [0.25, 0.3) is 0 Å². The van der Waals surface area contributed by atoms with Gasteiger partial charge >= 0.3 is 5.97 Å². The number of hydrogen-bond acceptors (Lipinski definition) is 4. The van der Waals surface area contributed by atoms with Crippen molar-refractivity contribution in [1.82, 2.24) is 19.6 Å². The Labute approximate surface area is 111 Å². The highest BCUT2D eigenvalue weighted by atomic mass is 16.4. The van der Waals surface area contributed by atoms with Gasteiger partial charge < -0.3 is 10.0 Å². The Balaban J connectivity index is 2.14. The second-order valence-electron chi connectivity index (χ2n) is 4.81. The topological polar surface area (TPSA) is 78.7 Å². The van der Waals surface area contributed by atoms with Gasteiger partial charge in [0.1, 0.15) is 5.56 Å².